The summed E-state index contributed by atoms with van der Waals surface area (Å²) in [6.07, 6.45) is 50.9. The van der Waals surface area contributed by atoms with Crippen molar-refractivity contribution in [3.8, 4) is 0 Å². The van der Waals surface area contributed by atoms with Crippen LogP contribution in [-0.2, 0) is 28.6 Å². The Kier molecular flexibility index (Phi) is 47.2. The third-order valence-electron chi connectivity index (χ3n) is 12.7. The lowest BCUT2D eigenvalue weighted by molar-refractivity contribution is -0.167. The van der Waals surface area contributed by atoms with E-state index in [4.69, 9.17) is 14.2 Å². The minimum Gasteiger partial charge on any atom is -0.462 e. The lowest BCUT2D eigenvalue weighted by Crippen LogP contribution is -2.30. The van der Waals surface area contributed by atoms with Crippen LogP contribution in [0.2, 0.25) is 0 Å². The van der Waals surface area contributed by atoms with E-state index in [2.05, 4.69) is 27.7 Å². The fourth-order valence-corrected chi connectivity index (χ4v) is 8.19. The fraction of sp³-hybridized carbons (Fsp3) is 0.944. The molecule has 0 spiro atoms. The average molecular weight is 849 g/mol. The number of carbonyl (C=O) groups is 3. The summed E-state index contributed by atoms with van der Waals surface area (Å²) in [7, 11) is 0. The van der Waals surface area contributed by atoms with Crippen molar-refractivity contribution in [2.45, 2.75) is 310 Å². The number of ether oxygens (including phenoxy) is 3. The van der Waals surface area contributed by atoms with Gasteiger partial charge in [-0.3, -0.25) is 14.4 Å². The number of carbonyl (C=O) groups excluding carboxylic acids is 3. The van der Waals surface area contributed by atoms with Gasteiger partial charge >= 0.3 is 17.9 Å². The first-order chi connectivity index (χ1) is 29.4. The standard InChI is InChI=1S/C54H104O6/c1-5-8-10-12-14-16-25-31-35-39-43-47-54(57)60-51(48-58-52(55)45-41-37-33-28-15-13-11-9-6-2)49-59-53(56)46-42-38-34-30-27-24-22-20-18-17-19-21-23-26-29-32-36-40-44-50(4)7-3/h50-51H,5-49H2,1-4H3/t50?,51-/m0/s1. The lowest BCUT2D eigenvalue weighted by Gasteiger charge is -2.18. The van der Waals surface area contributed by atoms with Crippen molar-refractivity contribution in [2.75, 3.05) is 13.2 Å². The molecule has 0 aliphatic rings. The molecule has 0 aromatic rings. The average Bonchev–Trinajstić information content (AvgIpc) is 3.25. The van der Waals surface area contributed by atoms with E-state index in [1.165, 1.54) is 199 Å². The Labute approximate surface area is 374 Å². The van der Waals surface area contributed by atoms with Crippen LogP contribution in [0.4, 0.5) is 0 Å². The lowest BCUT2D eigenvalue weighted by atomic mass is 9.99. The van der Waals surface area contributed by atoms with Crippen molar-refractivity contribution in [2.24, 2.45) is 5.92 Å². The Morgan fingerprint density at radius 2 is 0.583 bits per heavy atom. The highest BCUT2D eigenvalue weighted by Gasteiger charge is 2.19. The van der Waals surface area contributed by atoms with Gasteiger partial charge in [-0.1, -0.05) is 265 Å². The van der Waals surface area contributed by atoms with Crippen LogP contribution in [0.15, 0.2) is 0 Å². The topological polar surface area (TPSA) is 78.9 Å². The van der Waals surface area contributed by atoms with Crippen LogP contribution in [0.5, 0.6) is 0 Å². The van der Waals surface area contributed by atoms with E-state index < -0.39 is 6.10 Å². The van der Waals surface area contributed by atoms with Crippen molar-refractivity contribution < 1.29 is 28.6 Å². The summed E-state index contributed by atoms with van der Waals surface area (Å²) >= 11 is 0. The maximum Gasteiger partial charge on any atom is 0.306 e. The monoisotopic (exact) mass is 849 g/mol. The molecule has 0 amide bonds. The van der Waals surface area contributed by atoms with Gasteiger partial charge in [-0.15, -0.1) is 0 Å². The molecule has 2 atom stereocenters. The molecule has 0 aromatic carbocycles. The summed E-state index contributed by atoms with van der Waals surface area (Å²) in [6, 6.07) is 0. The third-order valence-corrected chi connectivity index (χ3v) is 12.7. The summed E-state index contributed by atoms with van der Waals surface area (Å²) in [6.45, 7) is 9.06. The summed E-state index contributed by atoms with van der Waals surface area (Å²) in [5.41, 5.74) is 0. The number of rotatable bonds is 49. The zero-order chi connectivity index (χ0) is 43.8. The second-order valence-electron chi connectivity index (χ2n) is 18.8. The van der Waals surface area contributed by atoms with Gasteiger partial charge in [0.25, 0.3) is 0 Å². The Hall–Kier alpha value is -1.59. The molecule has 0 aliphatic carbocycles. The first-order valence-electron chi connectivity index (χ1n) is 26.9. The number of esters is 3. The van der Waals surface area contributed by atoms with Crippen LogP contribution >= 0.6 is 0 Å². The Balaban J connectivity index is 4.14. The zero-order valence-corrected chi connectivity index (χ0v) is 40.9. The van der Waals surface area contributed by atoms with E-state index in [-0.39, 0.29) is 31.1 Å². The SMILES string of the molecule is CCCCCCCCCCCCCC(=O)O[C@@H](COC(=O)CCCCCCCCCCC)COC(=O)CCCCCCCCCCCCCCCCCCCCC(C)CC. The van der Waals surface area contributed by atoms with Crippen molar-refractivity contribution in [3.63, 3.8) is 0 Å². The van der Waals surface area contributed by atoms with Crippen molar-refractivity contribution in [1.29, 1.82) is 0 Å². The molecule has 1 unspecified atom stereocenters. The highest BCUT2D eigenvalue weighted by molar-refractivity contribution is 5.71. The molecule has 0 bridgehead atoms. The normalized spacial score (nSPS) is 12.4. The first-order valence-corrected chi connectivity index (χ1v) is 26.9. The molecule has 0 heterocycles. The second kappa shape index (κ2) is 48.4. The predicted octanol–water partition coefficient (Wildman–Crippen LogP) is 17.5. The number of hydrogen-bond acceptors (Lipinski definition) is 6. The van der Waals surface area contributed by atoms with Crippen molar-refractivity contribution in [1.82, 2.24) is 0 Å². The summed E-state index contributed by atoms with van der Waals surface area (Å²) < 4.78 is 16.8. The first kappa shape index (κ1) is 58.4. The number of hydrogen-bond donors (Lipinski definition) is 0. The minimum atomic E-state index is -0.759. The molecule has 60 heavy (non-hydrogen) atoms. The smallest absolute Gasteiger partial charge is 0.306 e. The van der Waals surface area contributed by atoms with Gasteiger partial charge in [0.1, 0.15) is 13.2 Å². The molecular formula is C54H104O6. The summed E-state index contributed by atoms with van der Waals surface area (Å²) in [5, 5.41) is 0. The van der Waals surface area contributed by atoms with E-state index in [1.807, 2.05) is 0 Å². The summed E-state index contributed by atoms with van der Waals surface area (Å²) in [5.74, 6) is 0.0637. The maximum atomic E-state index is 12.7. The zero-order valence-electron chi connectivity index (χ0n) is 40.9. The molecule has 0 saturated carbocycles. The Morgan fingerprint density at radius 1 is 0.333 bits per heavy atom. The van der Waals surface area contributed by atoms with Gasteiger partial charge in [0.05, 0.1) is 0 Å². The van der Waals surface area contributed by atoms with Crippen LogP contribution in [0.1, 0.15) is 304 Å². The van der Waals surface area contributed by atoms with Crippen LogP contribution in [-0.4, -0.2) is 37.2 Å². The molecule has 6 heteroatoms. The van der Waals surface area contributed by atoms with Gasteiger partial charge < -0.3 is 14.2 Å². The van der Waals surface area contributed by atoms with E-state index in [0.717, 1.165) is 63.7 Å². The van der Waals surface area contributed by atoms with Gasteiger partial charge in [-0.2, -0.15) is 0 Å². The predicted molar refractivity (Wildman–Crippen MR) is 257 cm³/mol. The van der Waals surface area contributed by atoms with Crippen molar-refractivity contribution in [3.05, 3.63) is 0 Å². The Morgan fingerprint density at radius 3 is 0.867 bits per heavy atom. The second-order valence-corrected chi connectivity index (χ2v) is 18.8. The molecule has 0 saturated heterocycles. The van der Waals surface area contributed by atoms with Gasteiger partial charge in [0.2, 0.25) is 0 Å². The quantitative estimate of drug-likeness (QED) is 0.0345. The molecule has 0 N–H and O–H groups in total. The fourth-order valence-electron chi connectivity index (χ4n) is 8.19. The molecule has 0 rings (SSSR count). The molecule has 0 aliphatic heterocycles. The van der Waals surface area contributed by atoms with Crippen LogP contribution in [0, 0.1) is 5.92 Å². The third kappa shape index (κ3) is 45.9. The van der Waals surface area contributed by atoms with Crippen LogP contribution < -0.4 is 0 Å². The van der Waals surface area contributed by atoms with E-state index in [9.17, 15) is 14.4 Å². The van der Waals surface area contributed by atoms with Gasteiger partial charge in [-0.05, 0) is 25.2 Å². The molecule has 0 fully saturated rings. The van der Waals surface area contributed by atoms with E-state index in [0.29, 0.717) is 19.3 Å². The van der Waals surface area contributed by atoms with Crippen molar-refractivity contribution >= 4 is 17.9 Å². The number of unbranched alkanes of at least 4 members (excludes halogenated alkanes) is 35. The molecule has 0 radical (unpaired) electrons. The van der Waals surface area contributed by atoms with E-state index >= 15 is 0 Å². The minimum absolute atomic E-state index is 0.0626. The molecule has 0 aromatic heterocycles. The molecular weight excluding hydrogens is 745 g/mol. The highest BCUT2D eigenvalue weighted by atomic mass is 16.6. The van der Waals surface area contributed by atoms with E-state index in [1.54, 1.807) is 0 Å². The largest absolute Gasteiger partial charge is 0.462 e. The summed E-state index contributed by atoms with van der Waals surface area (Å²) in [4.78, 5) is 37.8. The maximum absolute atomic E-state index is 12.7. The Bertz CT molecular complexity index is 905. The van der Waals surface area contributed by atoms with Gasteiger partial charge in [0.15, 0.2) is 6.10 Å². The van der Waals surface area contributed by atoms with Gasteiger partial charge in [-0.25, -0.2) is 0 Å². The molecule has 6 nitrogen and oxygen atoms in total. The van der Waals surface area contributed by atoms with Gasteiger partial charge in [0, 0.05) is 19.3 Å². The van der Waals surface area contributed by atoms with Crippen LogP contribution in [0.25, 0.3) is 0 Å². The highest BCUT2D eigenvalue weighted by Crippen LogP contribution is 2.18. The molecule has 356 valence electrons. The van der Waals surface area contributed by atoms with Crippen LogP contribution in [0.3, 0.4) is 0 Å².